The first-order chi connectivity index (χ1) is 10.2. The monoisotopic (exact) mass is 282 g/mol. The van der Waals surface area contributed by atoms with E-state index < -0.39 is 0 Å². The van der Waals surface area contributed by atoms with E-state index in [1.54, 1.807) is 0 Å². The summed E-state index contributed by atoms with van der Waals surface area (Å²) >= 11 is 0. The number of hydrogen-bond acceptors (Lipinski definition) is 3. The summed E-state index contributed by atoms with van der Waals surface area (Å²) in [5.74, 6) is 0.948. The van der Waals surface area contributed by atoms with Crippen molar-refractivity contribution in [3.05, 3.63) is 59.7 Å². The molecule has 1 heterocycles. The molecular weight excluding hydrogens is 260 g/mol. The van der Waals surface area contributed by atoms with Crippen LogP contribution in [-0.2, 0) is 6.42 Å². The minimum absolute atomic E-state index is 0.0892. The zero-order valence-corrected chi connectivity index (χ0v) is 12.7. The number of hydrogen-bond donors (Lipinski definition) is 1. The van der Waals surface area contributed by atoms with E-state index in [4.69, 9.17) is 4.74 Å². The SMILES string of the molecule is CN(C)CCc1ccc2c(c1)NCC(c1ccccc1)O2. The Kier molecular flexibility index (Phi) is 4.11. The molecular formula is C18H22N2O. The van der Waals surface area contributed by atoms with Gasteiger partial charge in [0.15, 0.2) is 0 Å². The number of rotatable bonds is 4. The number of anilines is 1. The molecule has 110 valence electrons. The van der Waals surface area contributed by atoms with Crippen LogP contribution in [0.4, 0.5) is 5.69 Å². The number of benzene rings is 2. The summed E-state index contributed by atoms with van der Waals surface area (Å²) in [7, 11) is 4.20. The van der Waals surface area contributed by atoms with Crippen LogP contribution in [0.15, 0.2) is 48.5 Å². The van der Waals surface area contributed by atoms with E-state index in [0.717, 1.165) is 30.9 Å². The fourth-order valence-electron chi connectivity index (χ4n) is 2.58. The van der Waals surface area contributed by atoms with Crippen LogP contribution in [-0.4, -0.2) is 32.1 Å². The quantitative estimate of drug-likeness (QED) is 0.931. The van der Waals surface area contributed by atoms with Crippen molar-refractivity contribution in [2.24, 2.45) is 0 Å². The number of nitrogens with zero attached hydrogens (tertiary/aromatic N) is 1. The molecule has 0 amide bonds. The molecule has 1 unspecified atom stereocenters. The molecule has 0 fully saturated rings. The van der Waals surface area contributed by atoms with Crippen LogP contribution in [0.25, 0.3) is 0 Å². The Balaban J connectivity index is 1.72. The summed E-state index contributed by atoms with van der Waals surface area (Å²) in [5, 5.41) is 3.50. The van der Waals surface area contributed by atoms with E-state index in [2.05, 4.69) is 66.8 Å². The van der Waals surface area contributed by atoms with Gasteiger partial charge in [-0.3, -0.25) is 0 Å². The second-order valence-corrected chi connectivity index (χ2v) is 5.78. The van der Waals surface area contributed by atoms with E-state index >= 15 is 0 Å². The summed E-state index contributed by atoms with van der Waals surface area (Å²) in [5.41, 5.74) is 3.67. The van der Waals surface area contributed by atoms with Gasteiger partial charge in [-0.05, 0) is 43.8 Å². The lowest BCUT2D eigenvalue weighted by Gasteiger charge is -2.28. The van der Waals surface area contributed by atoms with Gasteiger partial charge in [0, 0.05) is 6.54 Å². The molecule has 0 saturated heterocycles. The fraction of sp³-hybridized carbons (Fsp3) is 0.333. The molecule has 3 heteroatoms. The first-order valence-corrected chi connectivity index (χ1v) is 7.45. The van der Waals surface area contributed by atoms with E-state index in [-0.39, 0.29) is 6.10 Å². The van der Waals surface area contributed by atoms with Gasteiger partial charge in [0.05, 0.1) is 12.2 Å². The van der Waals surface area contributed by atoms with Gasteiger partial charge in [0.1, 0.15) is 11.9 Å². The van der Waals surface area contributed by atoms with Crippen molar-refractivity contribution in [2.45, 2.75) is 12.5 Å². The molecule has 0 aromatic heterocycles. The van der Waals surface area contributed by atoms with Crippen LogP contribution in [0, 0.1) is 0 Å². The van der Waals surface area contributed by atoms with E-state index in [0.29, 0.717) is 0 Å². The molecule has 21 heavy (non-hydrogen) atoms. The third-order valence-electron chi connectivity index (χ3n) is 3.81. The number of fused-ring (bicyclic) bond motifs is 1. The Morgan fingerprint density at radius 2 is 1.95 bits per heavy atom. The third kappa shape index (κ3) is 3.37. The van der Waals surface area contributed by atoms with Gasteiger partial charge in [0.25, 0.3) is 0 Å². The highest BCUT2D eigenvalue weighted by molar-refractivity contribution is 5.60. The molecule has 0 saturated carbocycles. The topological polar surface area (TPSA) is 24.5 Å². The first-order valence-electron chi connectivity index (χ1n) is 7.45. The van der Waals surface area contributed by atoms with Crippen molar-refractivity contribution in [3.8, 4) is 5.75 Å². The molecule has 1 aliphatic heterocycles. The molecule has 2 aromatic carbocycles. The summed E-state index contributed by atoms with van der Waals surface area (Å²) in [4.78, 5) is 2.20. The van der Waals surface area contributed by atoms with Crippen LogP contribution < -0.4 is 10.1 Å². The number of likely N-dealkylation sites (N-methyl/N-ethyl adjacent to an activating group) is 1. The lowest BCUT2D eigenvalue weighted by atomic mass is 10.1. The van der Waals surface area contributed by atoms with E-state index in [9.17, 15) is 0 Å². The van der Waals surface area contributed by atoms with Gasteiger partial charge in [-0.1, -0.05) is 36.4 Å². The Morgan fingerprint density at radius 1 is 1.14 bits per heavy atom. The van der Waals surface area contributed by atoms with Crippen LogP contribution in [0.5, 0.6) is 5.75 Å². The molecule has 0 spiro atoms. The number of nitrogens with one attached hydrogen (secondary N) is 1. The minimum Gasteiger partial charge on any atom is -0.482 e. The van der Waals surface area contributed by atoms with Crippen molar-refractivity contribution in [1.82, 2.24) is 4.90 Å². The highest BCUT2D eigenvalue weighted by Crippen LogP contribution is 2.34. The maximum atomic E-state index is 6.13. The Labute approximate surface area is 126 Å². The smallest absolute Gasteiger partial charge is 0.143 e. The fourth-order valence-corrected chi connectivity index (χ4v) is 2.58. The molecule has 3 nitrogen and oxygen atoms in total. The summed E-state index contributed by atoms with van der Waals surface area (Å²) in [6, 6.07) is 16.8. The molecule has 0 aliphatic carbocycles. The van der Waals surface area contributed by atoms with Gasteiger partial charge in [-0.2, -0.15) is 0 Å². The second kappa shape index (κ2) is 6.19. The number of ether oxygens (including phenoxy) is 1. The summed E-state index contributed by atoms with van der Waals surface area (Å²) in [6.45, 7) is 1.88. The largest absolute Gasteiger partial charge is 0.482 e. The lowest BCUT2D eigenvalue weighted by molar-refractivity contribution is 0.210. The third-order valence-corrected chi connectivity index (χ3v) is 3.81. The van der Waals surface area contributed by atoms with Crippen LogP contribution in [0.1, 0.15) is 17.2 Å². The van der Waals surface area contributed by atoms with Crippen LogP contribution >= 0.6 is 0 Å². The van der Waals surface area contributed by atoms with Crippen molar-refractivity contribution >= 4 is 5.69 Å². The molecule has 1 N–H and O–H groups in total. The van der Waals surface area contributed by atoms with Gasteiger partial charge >= 0.3 is 0 Å². The van der Waals surface area contributed by atoms with Crippen molar-refractivity contribution in [1.29, 1.82) is 0 Å². The lowest BCUT2D eigenvalue weighted by Crippen LogP contribution is -2.23. The Bertz CT molecular complexity index is 595. The molecule has 0 bridgehead atoms. The van der Waals surface area contributed by atoms with Crippen molar-refractivity contribution in [2.75, 3.05) is 32.5 Å². The Hall–Kier alpha value is -2.00. The highest BCUT2D eigenvalue weighted by atomic mass is 16.5. The Morgan fingerprint density at radius 3 is 2.71 bits per heavy atom. The molecule has 1 atom stereocenters. The average Bonchev–Trinajstić information content (AvgIpc) is 2.53. The van der Waals surface area contributed by atoms with Crippen LogP contribution in [0.2, 0.25) is 0 Å². The van der Waals surface area contributed by atoms with Gasteiger partial charge < -0.3 is 15.0 Å². The summed E-state index contributed by atoms with van der Waals surface area (Å²) < 4.78 is 6.13. The normalized spacial score (nSPS) is 17.0. The standard InChI is InChI=1S/C18H22N2O/c1-20(2)11-10-14-8-9-17-16(12-14)19-13-18(21-17)15-6-4-3-5-7-15/h3-9,12,18-19H,10-11,13H2,1-2H3. The van der Waals surface area contributed by atoms with E-state index in [1.807, 2.05) is 6.07 Å². The zero-order chi connectivity index (χ0) is 14.7. The predicted molar refractivity (Wildman–Crippen MR) is 87.0 cm³/mol. The average molecular weight is 282 g/mol. The molecule has 3 rings (SSSR count). The maximum absolute atomic E-state index is 6.13. The highest BCUT2D eigenvalue weighted by Gasteiger charge is 2.20. The van der Waals surface area contributed by atoms with Gasteiger partial charge in [-0.15, -0.1) is 0 Å². The van der Waals surface area contributed by atoms with Gasteiger partial charge in [-0.25, -0.2) is 0 Å². The minimum atomic E-state index is 0.0892. The zero-order valence-electron chi connectivity index (χ0n) is 12.7. The maximum Gasteiger partial charge on any atom is 0.143 e. The van der Waals surface area contributed by atoms with Crippen molar-refractivity contribution < 1.29 is 4.74 Å². The second-order valence-electron chi connectivity index (χ2n) is 5.78. The van der Waals surface area contributed by atoms with Crippen molar-refractivity contribution in [3.63, 3.8) is 0 Å². The molecule has 0 radical (unpaired) electrons. The predicted octanol–water partition coefficient (Wildman–Crippen LogP) is 3.34. The summed E-state index contributed by atoms with van der Waals surface area (Å²) in [6.07, 6.45) is 1.15. The van der Waals surface area contributed by atoms with Gasteiger partial charge in [0.2, 0.25) is 0 Å². The molecule has 2 aromatic rings. The first kappa shape index (κ1) is 14.0. The molecule has 1 aliphatic rings. The van der Waals surface area contributed by atoms with Crippen LogP contribution in [0.3, 0.4) is 0 Å². The van der Waals surface area contributed by atoms with E-state index in [1.165, 1.54) is 11.1 Å².